The van der Waals surface area contributed by atoms with Crippen molar-refractivity contribution >= 4 is 101 Å². The van der Waals surface area contributed by atoms with E-state index in [1.54, 1.807) is 0 Å². The van der Waals surface area contributed by atoms with Crippen LogP contribution < -0.4 is 26.2 Å². The lowest BCUT2D eigenvalue weighted by Gasteiger charge is -2.44. The molecule has 4 heterocycles. The fourth-order valence-corrected chi connectivity index (χ4v) is 18.0. The van der Waals surface area contributed by atoms with E-state index in [1.165, 1.54) is 147 Å². The lowest BCUT2D eigenvalue weighted by Crippen LogP contribution is -2.61. The van der Waals surface area contributed by atoms with Crippen molar-refractivity contribution < 1.29 is 0 Å². The third-order valence-corrected chi connectivity index (χ3v) is 23.6. The van der Waals surface area contributed by atoms with Gasteiger partial charge in [0, 0.05) is 61.4 Å². The lowest BCUT2D eigenvalue weighted by molar-refractivity contribution is 0.332. The number of fused-ring (bicyclic) bond motifs is 12. The van der Waals surface area contributed by atoms with Gasteiger partial charge in [-0.05, 0) is 215 Å². The number of rotatable bonds is 8. The molecule has 13 aromatic carbocycles. The molecule has 0 bridgehead atoms. The van der Waals surface area contributed by atoms with Gasteiger partial charge in [-0.2, -0.15) is 0 Å². The van der Waals surface area contributed by atoms with Crippen LogP contribution in [-0.2, 0) is 21.7 Å². The van der Waals surface area contributed by atoms with Crippen LogP contribution in [-0.4, -0.2) is 15.8 Å². The Bertz CT molecular complexity index is 5750. The van der Waals surface area contributed by atoms with Gasteiger partial charge in [-0.3, -0.25) is 0 Å². The molecule has 2 aromatic heterocycles. The predicted octanol–water partition coefficient (Wildman–Crippen LogP) is 23.3. The largest absolute Gasteiger partial charge is 0.311 e. The minimum absolute atomic E-state index is 0.0838. The van der Waals surface area contributed by atoms with Gasteiger partial charge >= 0.3 is 0 Å². The number of para-hydroxylation sites is 3. The molecule has 0 fully saturated rings. The van der Waals surface area contributed by atoms with Gasteiger partial charge < -0.3 is 18.9 Å². The minimum Gasteiger partial charge on any atom is -0.311 e. The highest BCUT2D eigenvalue weighted by molar-refractivity contribution is 7.00. The van der Waals surface area contributed by atoms with Crippen LogP contribution in [0.1, 0.15) is 103 Å². The highest BCUT2D eigenvalue weighted by atomic mass is 15.2. The van der Waals surface area contributed by atoms with Crippen molar-refractivity contribution in [1.29, 1.82) is 0 Å². The summed E-state index contributed by atoms with van der Waals surface area (Å²) in [7, 11) is 0. The van der Waals surface area contributed by atoms with Crippen LogP contribution in [0, 0.1) is 0 Å². The van der Waals surface area contributed by atoms with E-state index < -0.39 is 0 Å². The number of aromatic nitrogens is 2. The maximum atomic E-state index is 2.63. The standard InChI is InChI=1S/C94H79BN4/c1-91(2)49-51-93(5,6)78-54-65(35-44-76(78)91)62-31-39-68(40-32-62)96-86-48-38-67(61-23-13-10-14-24-61)56-81(86)95-80-46-43-70(98-82-28-18-15-25-72(82)73-26-16-19-29-83(73)98)57-87(80)97(69-41-33-63(34-42-69)66-36-45-77-79(55-66)94(7,8)52-50-92(77,3)4)89-59-71(58-88(96)90(89)95)99-84-30-20-17-27-74(84)75-53-64(37-47-85(75)99)60-21-11-9-12-22-60/h9-48,53-59H,49-52H2,1-8H3. The molecule has 4 nitrogen and oxygen atoms in total. The third kappa shape index (κ3) is 9.26. The van der Waals surface area contributed by atoms with E-state index in [0.29, 0.717) is 0 Å². The maximum Gasteiger partial charge on any atom is 0.252 e. The Balaban J connectivity index is 0.887. The Morgan fingerprint density at radius 2 is 0.606 bits per heavy atom. The molecule has 478 valence electrons. The number of hydrogen-bond acceptors (Lipinski definition) is 2. The molecule has 0 radical (unpaired) electrons. The summed E-state index contributed by atoms with van der Waals surface area (Å²) in [5.74, 6) is 0. The fourth-order valence-electron chi connectivity index (χ4n) is 18.0. The molecule has 5 heteroatoms. The average molecular weight is 1280 g/mol. The Hall–Kier alpha value is -10.9. The second kappa shape index (κ2) is 21.8. The van der Waals surface area contributed by atoms with Gasteiger partial charge in [0.15, 0.2) is 0 Å². The Morgan fingerprint density at radius 3 is 1.12 bits per heavy atom. The molecule has 99 heavy (non-hydrogen) atoms. The smallest absolute Gasteiger partial charge is 0.252 e. The van der Waals surface area contributed by atoms with Crippen LogP contribution in [0.25, 0.3) is 99.5 Å². The predicted molar refractivity (Wildman–Crippen MR) is 421 cm³/mol. The monoisotopic (exact) mass is 1270 g/mol. The number of benzene rings is 13. The first kappa shape index (κ1) is 59.4. The summed E-state index contributed by atoms with van der Waals surface area (Å²) < 4.78 is 5.04. The molecule has 15 aromatic rings. The van der Waals surface area contributed by atoms with E-state index >= 15 is 0 Å². The Labute approximate surface area is 582 Å². The number of anilines is 6. The van der Waals surface area contributed by atoms with Crippen LogP contribution in [0.2, 0.25) is 0 Å². The molecule has 4 aliphatic rings. The first-order valence-corrected chi connectivity index (χ1v) is 35.8. The van der Waals surface area contributed by atoms with Crippen molar-refractivity contribution in [3.8, 4) is 55.9 Å². The first-order valence-electron chi connectivity index (χ1n) is 35.8. The normalized spacial score (nSPS) is 16.0. The van der Waals surface area contributed by atoms with Crippen LogP contribution in [0.5, 0.6) is 0 Å². The van der Waals surface area contributed by atoms with Crippen molar-refractivity contribution in [2.45, 2.75) is 103 Å². The van der Waals surface area contributed by atoms with Gasteiger partial charge in [0.1, 0.15) is 0 Å². The summed E-state index contributed by atoms with van der Waals surface area (Å²) in [5.41, 5.74) is 33.6. The molecule has 2 aliphatic carbocycles. The van der Waals surface area contributed by atoms with Crippen LogP contribution >= 0.6 is 0 Å². The zero-order chi connectivity index (χ0) is 66.8. The molecule has 0 saturated heterocycles. The Kier molecular flexibility index (Phi) is 13.1. The van der Waals surface area contributed by atoms with Gasteiger partial charge in [0.25, 0.3) is 6.71 Å². The van der Waals surface area contributed by atoms with Gasteiger partial charge in [-0.25, -0.2) is 0 Å². The fraction of sp³-hybridized carbons (Fsp3) is 0.170. The second-order valence-electron chi connectivity index (χ2n) is 31.4. The summed E-state index contributed by atoms with van der Waals surface area (Å²) in [6, 6.07) is 109. The highest BCUT2D eigenvalue weighted by Crippen LogP contribution is 2.52. The summed E-state index contributed by atoms with van der Waals surface area (Å²) in [4.78, 5) is 5.23. The second-order valence-corrected chi connectivity index (χ2v) is 31.4. The van der Waals surface area contributed by atoms with E-state index in [0.717, 1.165) is 50.8 Å². The minimum atomic E-state index is -0.159. The lowest BCUT2D eigenvalue weighted by atomic mass is 9.33. The molecule has 0 atom stereocenters. The molecular weight excluding hydrogens is 1200 g/mol. The third-order valence-electron chi connectivity index (χ3n) is 23.6. The maximum absolute atomic E-state index is 2.63. The molecular formula is C94H79BN4. The summed E-state index contributed by atoms with van der Waals surface area (Å²) in [6.45, 7) is 19.3. The summed E-state index contributed by atoms with van der Waals surface area (Å²) >= 11 is 0. The van der Waals surface area contributed by atoms with Crippen molar-refractivity contribution in [2.75, 3.05) is 9.80 Å². The van der Waals surface area contributed by atoms with E-state index in [-0.39, 0.29) is 28.4 Å². The van der Waals surface area contributed by atoms with Crippen LogP contribution in [0.4, 0.5) is 34.1 Å². The molecule has 0 amide bonds. The van der Waals surface area contributed by atoms with Crippen molar-refractivity contribution in [3.63, 3.8) is 0 Å². The zero-order valence-corrected chi connectivity index (χ0v) is 57.8. The van der Waals surface area contributed by atoms with Crippen molar-refractivity contribution in [2.24, 2.45) is 0 Å². The number of nitrogens with zero attached hydrogens (tertiary/aromatic N) is 4. The Morgan fingerprint density at radius 1 is 0.242 bits per heavy atom. The zero-order valence-electron chi connectivity index (χ0n) is 57.8. The molecule has 0 saturated carbocycles. The SMILES string of the molecule is CC1(C)CCC(C)(C)c2cc(-c3ccc(N4c5ccc(-c6ccccc6)cc5B5c6ccc(-n7c8ccccc8c8ccccc87)cc6N(c6ccc(-c7ccc8c(c7)C(C)(C)CCC8(C)C)cc6)c6cc(-n7c8ccccc8c8cc(-c9ccccc9)ccc87)cc4c65)cc3)ccc21. The van der Waals surface area contributed by atoms with E-state index in [9.17, 15) is 0 Å². The van der Waals surface area contributed by atoms with Gasteiger partial charge in [0.2, 0.25) is 0 Å². The first-order chi connectivity index (χ1) is 48.0. The quantitative estimate of drug-likeness (QED) is 0.141. The van der Waals surface area contributed by atoms with Gasteiger partial charge in [0.05, 0.1) is 27.8 Å². The average Bonchev–Trinajstić information content (AvgIpc) is 1.17. The van der Waals surface area contributed by atoms with E-state index in [1.807, 2.05) is 0 Å². The van der Waals surface area contributed by atoms with Gasteiger partial charge in [-0.1, -0.05) is 256 Å². The molecule has 0 N–H and O–H groups in total. The summed E-state index contributed by atoms with van der Waals surface area (Å²) in [6.07, 6.45) is 4.72. The molecule has 2 aliphatic heterocycles. The molecule has 0 unspecified atom stereocenters. The van der Waals surface area contributed by atoms with Crippen molar-refractivity contribution in [1.82, 2.24) is 9.13 Å². The molecule has 0 spiro atoms. The van der Waals surface area contributed by atoms with Crippen LogP contribution in [0.15, 0.2) is 285 Å². The van der Waals surface area contributed by atoms with E-state index in [2.05, 4.69) is 359 Å². The van der Waals surface area contributed by atoms with E-state index in [4.69, 9.17) is 0 Å². The highest BCUT2D eigenvalue weighted by Gasteiger charge is 2.45. The van der Waals surface area contributed by atoms with Crippen LogP contribution in [0.3, 0.4) is 0 Å². The van der Waals surface area contributed by atoms with Crippen molar-refractivity contribution in [3.05, 3.63) is 307 Å². The summed E-state index contributed by atoms with van der Waals surface area (Å²) in [5, 5.41) is 4.93. The van der Waals surface area contributed by atoms with Gasteiger partial charge in [-0.15, -0.1) is 0 Å². The molecule has 19 rings (SSSR count). The topological polar surface area (TPSA) is 16.3 Å². The number of hydrogen-bond donors (Lipinski definition) is 0.